The zero-order valence-corrected chi connectivity index (χ0v) is 16.9. The number of benzene rings is 2. The smallest absolute Gasteiger partial charge is 0.265 e. The molecule has 0 spiro atoms. The molecule has 0 aliphatic carbocycles. The molecule has 0 saturated carbocycles. The normalized spacial score (nSPS) is 15.0. The number of ether oxygens (including phenoxy) is 2. The molecule has 1 N–H and O–H groups in total. The standard InChI is InChI=1S/C21H21FN2O4S/c1-27-20(28-2)12-23-19(25)11-18-21(26)24(13-14-7-3-4-8-15(14)22)16-9-5-6-10-17(16)29-18/h3-11,20H,12-13H2,1-2H3,(H,23,25)/b18-11-. The maximum atomic E-state index is 14.2. The number of fused-ring (bicyclic) bond motifs is 1. The molecule has 0 unspecified atom stereocenters. The second kappa shape index (κ2) is 9.69. The van der Waals surface area contributed by atoms with E-state index in [4.69, 9.17) is 9.47 Å². The van der Waals surface area contributed by atoms with Gasteiger partial charge in [0.2, 0.25) is 5.91 Å². The minimum Gasteiger partial charge on any atom is -0.354 e. The Morgan fingerprint density at radius 2 is 1.86 bits per heavy atom. The summed E-state index contributed by atoms with van der Waals surface area (Å²) in [6.45, 7) is 0.210. The molecule has 0 saturated heterocycles. The Labute approximate surface area is 172 Å². The van der Waals surface area contributed by atoms with Crippen molar-refractivity contribution < 1.29 is 23.5 Å². The highest BCUT2D eigenvalue weighted by atomic mass is 32.2. The summed E-state index contributed by atoms with van der Waals surface area (Å²) in [4.78, 5) is 27.9. The molecule has 3 rings (SSSR count). The predicted molar refractivity (Wildman–Crippen MR) is 109 cm³/mol. The van der Waals surface area contributed by atoms with E-state index in [-0.39, 0.29) is 29.7 Å². The van der Waals surface area contributed by atoms with Crippen molar-refractivity contribution in [2.24, 2.45) is 0 Å². The van der Waals surface area contributed by atoms with Gasteiger partial charge in [0.15, 0.2) is 6.29 Å². The van der Waals surface area contributed by atoms with Crippen LogP contribution in [-0.4, -0.2) is 38.9 Å². The number of amides is 2. The summed E-state index contributed by atoms with van der Waals surface area (Å²) < 4.78 is 24.2. The third-order valence-corrected chi connectivity index (χ3v) is 5.43. The van der Waals surface area contributed by atoms with Crippen LogP contribution in [0.1, 0.15) is 5.56 Å². The quantitative estimate of drug-likeness (QED) is 0.555. The first-order chi connectivity index (χ1) is 14.0. The molecule has 2 amide bonds. The van der Waals surface area contributed by atoms with Crippen LogP contribution in [-0.2, 0) is 25.6 Å². The highest BCUT2D eigenvalue weighted by Gasteiger charge is 2.30. The van der Waals surface area contributed by atoms with Gasteiger partial charge in [0, 0.05) is 30.8 Å². The van der Waals surface area contributed by atoms with Crippen LogP contribution >= 0.6 is 11.8 Å². The summed E-state index contributed by atoms with van der Waals surface area (Å²) in [5, 5.41) is 2.64. The largest absolute Gasteiger partial charge is 0.354 e. The van der Waals surface area contributed by atoms with Gasteiger partial charge in [-0.25, -0.2) is 4.39 Å². The van der Waals surface area contributed by atoms with E-state index in [1.165, 1.54) is 43.0 Å². The second-order valence-electron chi connectivity index (χ2n) is 6.21. The summed E-state index contributed by atoms with van der Waals surface area (Å²) >= 11 is 1.21. The minimum atomic E-state index is -0.578. The SMILES string of the molecule is COC(CNC(=O)/C=C1\Sc2ccccc2N(Cc2ccccc2F)C1=O)OC. The van der Waals surface area contributed by atoms with Crippen molar-refractivity contribution in [1.82, 2.24) is 5.32 Å². The van der Waals surface area contributed by atoms with Crippen LogP contribution < -0.4 is 10.2 Å². The molecule has 1 aliphatic heterocycles. The lowest BCUT2D eigenvalue weighted by Crippen LogP contribution is -2.36. The Balaban J connectivity index is 1.85. The van der Waals surface area contributed by atoms with Gasteiger partial charge in [-0.05, 0) is 18.2 Å². The number of hydrogen-bond donors (Lipinski definition) is 1. The van der Waals surface area contributed by atoms with Gasteiger partial charge in [-0.15, -0.1) is 0 Å². The van der Waals surface area contributed by atoms with Crippen molar-refractivity contribution in [3.05, 3.63) is 70.9 Å². The van der Waals surface area contributed by atoms with Crippen LogP contribution in [0.3, 0.4) is 0 Å². The lowest BCUT2D eigenvalue weighted by atomic mass is 10.1. The zero-order valence-electron chi connectivity index (χ0n) is 16.1. The Morgan fingerprint density at radius 1 is 1.17 bits per heavy atom. The molecule has 1 heterocycles. The van der Waals surface area contributed by atoms with E-state index < -0.39 is 12.2 Å². The van der Waals surface area contributed by atoms with E-state index in [0.29, 0.717) is 11.3 Å². The molecule has 152 valence electrons. The van der Waals surface area contributed by atoms with Gasteiger partial charge >= 0.3 is 0 Å². The topological polar surface area (TPSA) is 67.9 Å². The number of hydrogen-bond acceptors (Lipinski definition) is 5. The Hall–Kier alpha value is -2.68. The number of rotatable bonds is 7. The average molecular weight is 416 g/mol. The first-order valence-corrected chi connectivity index (χ1v) is 9.72. The molecular formula is C21H21FN2O4S. The molecule has 0 aromatic heterocycles. The number of methoxy groups -OCH3 is 2. The van der Waals surface area contributed by atoms with Crippen LogP contribution in [0, 0.1) is 5.82 Å². The van der Waals surface area contributed by atoms with Gasteiger partial charge in [-0.1, -0.05) is 42.1 Å². The maximum Gasteiger partial charge on any atom is 0.265 e. The van der Waals surface area contributed by atoms with Crippen molar-refractivity contribution in [3.63, 3.8) is 0 Å². The number of thioether (sulfide) groups is 1. The fourth-order valence-electron chi connectivity index (χ4n) is 2.83. The van der Waals surface area contributed by atoms with Gasteiger partial charge < -0.3 is 19.7 Å². The Bertz CT molecular complexity index is 930. The fraction of sp³-hybridized carbons (Fsp3) is 0.238. The van der Waals surface area contributed by atoms with Crippen molar-refractivity contribution in [2.45, 2.75) is 17.7 Å². The molecule has 2 aromatic carbocycles. The summed E-state index contributed by atoms with van der Waals surface area (Å²) in [5.74, 6) is -1.18. The van der Waals surface area contributed by atoms with Gasteiger partial charge in [-0.2, -0.15) is 0 Å². The van der Waals surface area contributed by atoms with Gasteiger partial charge in [0.1, 0.15) is 5.82 Å². The highest BCUT2D eigenvalue weighted by molar-refractivity contribution is 8.04. The Kier molecular flexibility index (Phi) is 7.03. The van der Waals surface area contributed by atoms with E-state index in [2.05, 4.69) is 5.32 Å². The van der Waals surface area contributed by atoms with E-state index in [1.54, 1.807) is 24.3 Å². The minimum absolute atomic E-state index is 0.0669. The summed E-state index contributed by atoms with van der Waals surface area (Å²) in [6.07, 6.45) is 0.671. The van der Waals surface area contributed by atoms with Crippen LogP contribution in [0.5, 0.6) is 0 Å². The van der Waals surface area contributed by atoms with E-state index in [9.17, 15) is 14.0 Å². The van der Waals surface area contributed by atoms with Crippen molar-refractivity contribution in [1.29, 1.82) is 0 Å². The number of halogens is 1. The molecule has 29 heavy (non-hydrogen) atoms. The van der Waals surface area contributed by atoms with Crippen molar-refractivity contribution in [3.8, 4) is 0 Å². The molecule has 0 radical (unpaired) electrons. The van der Waals surface area contributed by atoms with Crippen molar-refractivity contribution >= 4 is 29.3 Å². The fourth-order valence-corrected chi connectivity index (χ4v) is 3.86. The Morgan fingerprint density at radius 3 is 2.59 bits per heavy atom. The zero-order chi connectivity index (χ0) is 20.8. The number of para-hydroxylation sites is 1. The number of anilines is 1. The average Bonchev–Trinajstić information content (AvgIpc) is 2.73. The third kappa shape index (κ3) is 5.03. The van der Waals surface area contributed by atoms with Crippen LogP contribution in [0.2, 0.25) is 0 Å². The highest BCUT2D eigenvalue weighted by Crippen LogP contribution is 2.41. The van der Waals surface area contributed by atoms with E-state index >= 15 is 0 Å². The van der Waals surface area contributed by atoms with Crippen LogP contribution in [0.4, 0.5) is 10.1 Å². The number of carbonyl (C=O) groups excluding carboxylic acids is 2. The number of carbonyl (C=O) groups is 2. The lowest BCUT2D eigenvalue weighted by molar-refractivity contribution is -0.123. The summed E-state index contributed by atoms with van der Waals surface area (Å²) in [7, 11) is 2.94. The van der Waals surface area contributed by atoms with E-state index in [1.807, 2.05) is 18.2 Å². The summed E-state index contributed by atoms with van der Waals surface area (Å²) in [5.41, 5.74) is 1.08. The molecule has 2 aromatic rings. The van der Waals surface area contributed by atoms with Gasteiger partial charge in [-0.3, -0.25) is 9.59 Å². The van der Waals surface area contributed by atoms with E-state index in [0.717, 1.165) is 4.90 Å². The number of nitrogens with zero attached hydrogens (tertiary/aromatic N) is 1. The van der Waals surface area contributed by atoms with Gasteiger partial charge in [0.25, 0.3) is 5.91 Å². The molecular weight excluding hydrogens is 395 g/mol. The predicted octanol–water partition coefficient (Wildman–Crippen LogP) is 3.08. The first-order valence-electron chi connectivity index (χ1n) is 8.90. The van der Waals surface area contributed by atoms with Gasteiger partial charge in [0.05, 0.1) is 23.7 Å². The number of nitrogens with one attached hydrogen (secondary N) is 1. The molecule has 0 fully saturated rings. The lowest BCUT2D eigenvalue weighted by Gasteiger charge is -2.30. The monoisotopic (exact) mass is 416 g/mol. The maximum absolute atomic E-state index is 14.2. The molecule has 0 atom stereocenters. The van der Waals surface area contributed by atoms with Crippen LogP contribution in [0.15, 0.2) is 64.4 Å². The molecule has 8 heteroatoms. The summed E-state index contributed by atoms with van der Waals surface area (Å²) in [6, 6.07) is 13.7. The van der Waals surface area contributed by atoms with Crippen molar-refractivity contribution in [2.75, 3.05) is 25.7 Å². The van der Waals surface area contributed by atoms with Crippen LogP contribution in [0.25, 0.3) is 0 Å². The second-order valence-corrected chi connectivity index (χ2v) is 7.29. The first kappa shape index (κ1) is 21.0. The molecule has 6 nitrogen and oxygen atoms in total. The molecule has 0 bridgehead atoms. The third-order valence-electron chi connectivity index (χ3n) is 4.35. The molecule has 1 aliphatic rings.